The van der Waals surface area contributed by atoms with Crippen LogP contribution in [0.15, 0.2) is 48.7 Å². The summed E-state index contributed by atoms with van der Waals surface area (Å²) in [5.41, 5.74) is 5.26. The Kier molecular flexibility index (Phi) is 5.24. The number of ketones is 1. The Morgan fingerprint density at radius 3 is 2.71 bits per heavy atom. The molecule has 0 radical (unpaired) electrons. The molecule has 5 rings (SSSR count). The molecular formula is C25H27N3O3. The van der Waals surface area contributed by atoms with E-state index in [1.807, 2.05) is 42.6 Å². The number of aromatic amines is 1. The highest BCUT2D eigenvalue weighted by Gasteiger charge is 2.43. The van der Waals surface area contributed by atoms with Crippen LogP contribution in [-0.2, 0) is 0 Å². The van der Waals surface area contributed by atoms with E-state index in [0.29, 0.717) is 11.8 Å². The van der Waals surface area contributed by atoms with Crippen molar-refractivity contribution >= 4 is 22.4 Å². The maximum Gasteiger partial charge on any atom is 0.213 e. The molecule has 6 nitrogen and oxygen atoms in total. The smallest absolute Gasteiger partial charge is 0.213 e. The number of methoxy groups -OCH3 is 2. The maximum atomic E-state index is 12.8. The van der Waals surface area contributed by atoms with Gasteiger partial charge < -0.3 is 14.5 Å². The van der Waals surface area contributed by atoms with Gasteiger partial charge in [0.15, 0.2) is 5.78 Å². The van der Waals surface area contributed by atoms with Gasteiger partial charge in [-0.3, -0.25) is 9.69 Å². The van der Waals surface area contributed by atoms with Gasteiger partial charge in [0.1, 0.15) is 5.75 Å². The SMILES string of the molecule is COc1ccc(C(=O)C2CC2CN2CC=C(c3c[nH]c4ccc(OC)nc34)CC2)cc1. The van der Waals surface area contributed by atoms with E-state index in [4.69, 9.17) is 9.47 Å². The van der Waals surface area contributed by atoms with Crippen molar-refractivity contribution in [2.24, 2.45) is 11.8 Å². The van der Waals surface area contributed by atoms with E-state index < -0.39 is 0 Å². The summed E-state index contributed by atoms with van der Waals surface area (Å²) in [5.74, 6) is 2.30. The van der Waals surface area contributed by atoms with Crippen molar-refractivity contribution in [2.75, 3.05) is 33.9 Å². The summed E-state index contributed by atoms with van der Waals surface area (Å²) < 4.78 is 10.5. The minimum Gasteiger partial charge on any atom is -0.497 e. The van der Waals surface area contributed by atoms with Crippen molar-refractivity contribution in [3.8, 4) is 11.6 Å². The van der Waals surface area contributed by atoms with Gasteiger partial charge in [-0.2, -0.15) is 0 Å². The minimum atomic E-state index is 0.157. The Morgan fingerprint density at radius 2 is 2.00 bits per heavy atom. The molecule has 31 heavy (non-hydrogen) atoms. The van der Waals surface area contributed by atoms with E-state index >= 15 is 0 Å². The van der Waals surface area contributed by atoms with Gasteiger partial charge >= 0.3 is 0 Å². The summed E-state index contributed by atoms with van der Waals surface area (Å²) in [4.78, 5) is 23.1. The molecule has 1 aliphatic heterocycles. The molecule has 1 aliphatic carbocycles. The second-order valence-electron chi connectivity index (χ2n) is 8.39. The van der Waals surface area contributed by atoms with E-state index in [9.17, 15) is 4.79 Å². The van der Waals surface area contributed by atoms with Crippen molar-refractivity contribution in [1.82, 2.24) is 14.9 Å². The molecule has 1 fully saturated rings. The fraction of sp³-hybridized carbons (Fsp3) is 0.360. The standard InChI is InChI=1S/C25H27N3O3/c1-30-19-5-3-17(4-6-19)25(29)20-13-18(20)15-28-11-9-16(10-12-28)21-14-26-22-7-8-23(31-2)27-24(21)22/h3-9,14,18,20,26H,10-13,15H2,1-2H3. The maximum absolute atomic E-state index is 12.8. The molecule has 0 amide bonds. The fourth-order valence-electron chi connectivity index (χ4n) is 4.53. The van der Waals surface area contributed by atoms with Crippen molar-refractivity contribution in [2.45, 2.75) is 12.8 Å². The number of pyridine rings is 1. The van der Waals surface area contributed by atoms with Crippen LogP contribution in [0.3, 0.4) is 0 Å². The number of nitrogens with one attached hydrogen (secondary N) is 1. The molecule has 1 saturated carbocycles. The number of rotatable bonds is 7. The van der Waals surface area contributed by atoms with Crippen LogP contribution in [0.2, 0.25) is 0 Å². The lowest BCUT2D eigenvalue weighted by Crippen LogP contribution is -2.31. The molecule has 0 saturated heterocycles. The van der Waals surface area contributed by atoms with Crippen LogP contribution in [0.1, 0.15) is 28.8 Å². The minimum absolute atomic E-state index is 0.157. The second-order valence-corrected chi connectivity index (χ2v) is 8.39. The highest BCUT2D eigenvalue weighted by Crippen LogP contribution is 2.42. The topological polar surface area (TPSA) is 67.5 Å². The number of Topliss-reactive ketones (excluding diaryl/α,β-unsaturated/α-hetero) is 1. The molecule has 3 heterocycles. The lowest BCUT2D eigenvalue weighted by molar-refractivity contribution is 0.0957. The number of benzene rings is 1. The van der Waals surface area contributed by atoms with Crippen LogP contribution in [-0.4, -0.2) is 54.5 Å². The molecule has 0 bridgehead atoms. The summed E-state index contributed by atoms with van der Waals surface area (Å²) >= 11 is 0. The Bertz CT molecular complexity index is 1130. The average Bonchev–Trinajstić information content (AvgIpc) is 3.46. The first-order chi connectivity index (χ1) is 15.2. The highest BCUT2D eigenvalue weighted by atomic mass is 16.5. The van der Waals surface area contributed by atoms with Gasteiger partial charge in [-0.1, -0.05) is 6.08 Å². The number of hydrogen-bond acceptors (Lipinski definition) is 5. The first kappa shape index (κ1) is 19.8. The van der Waals surface area contributed by atoms with Gasteiger partial charge in [-0.25, -0.2) is 4.98 Å². The number of nitrogens with zero attached hydrogens (tertiary/aromatic N) is 2. The van der Waals surface area contributed by atoms with E-state index in [-0.39, 0.29) is 11.7 Å². The van der Waals surface area contributed by atoms with Crippen molar-refractivity contribution < 1.29 is 14.3 Å². The molecule has 6 heteroatoms. The predicted molar refractivity (Wildman–Crippen MR) is 121 cm³/mol. The molecule has 0 spiro atoms. The second kappa shape index (κ2) is 8.19. The van der Waals surface area contributed by atoms with Crippen LogP contribution < -0.4 is 9.47 Å². The Morgan fingerprint density at radius 1 is 1.16 bits per heavy atom. The number of carbonyl (C=O) groups excluding carboxylic acids is 1. The molecule has 1 aromatic carbocycles. The molecule has 160 valence electrons. The average molecular weight is 418 g/mol. The Balaban J connectivity index is 1.20. The van der Waals surface area contributed by atoms with E-state index in [1.165, 1.54) is 5.57 Å². The van der Waals surface area contributed by atoms with Crippen LogP contribution in [0, 0.1) is 11.8 Å². The van der Waals surface area contributed by atoms with Crippen LogP contribution in [0.5, 0.6) is 11.6 Å². The zero-order valence-electron chi connectivity index (χ0n) is 17.9. The van der Waals surface area contributed by atoms with Gasteiger partial charge in [0.2, 0.25) is 5.88 Å². The van der Waals surface area contributed by atoms with E-state index in [1.54, 1.807) is 14.2 Å². The van der Waals surface area contributed by atoms with Gasteiger partial charge in [0.25, 0.3) is 0 Å². The van der Waals surface area contributed by atoms with Gasteiger partial charge in [0.05, 0.1) is 25.3 Å². The van der Waals surface area contributed by atoms with E-state index in [0.717, 1.165) is 60.4 Å². The lowest BCUT2D eigenvalue weighted by Gasteiger charge is -2.26. The third-order valence-electron chi connectivity index (χ3n) is 6.47. The number of fused-ring (bicyclic) bond motifs is 1. The molecule has 2 aliphatic rings. The predicted octanol–water partition coefficient (Wildman–Crippen LogP) is 4.19. The number of hydrogen-bond donors (Lipinski definition) is 1. The van der Waals surface area contributed by atoms with Crippen molar-refractivity contribution in [1.29, 1.82) is 0 Å². The summed E-state index contributed by atoms with van der Waals surface area (Å²) in [7, 11) is 3.28. The quantitative estimate of drug-likeness (QED) is 0.584. The van der Waals surface area contributed by atoms with Crippen molar-refractivity contribution in [3.63, 3.8) is 0 Å². The molecule has 2 aromatic heterocycles. The van der Waals surface area contributed by atoms with Crippen LogP contribution in [0.25, 0.3) is 16.6 Å². The number of ether oxygens (including phenoxy) is 2. The molecule has 2 atom stereocenters. The zero-order chi connectivity index (χ0) is 21.4. The van der Waals surface area contributed by atoms with Crippen LogP contribution in [0.4, 0.5) is 0 Å². The summed E-state index contributed by atoms with van der Waals surface area (Å²) in [6, 6.07) is 11.3. The number of H-pyrrole nitrogens is 1. The fourth-order valence-corrected chi connectivity index (χ4v) is 4.53. The monoisotopic (exact) mass is 417 g/mol. The molecule has 2 unspecified atom stereocenters. The third-order valence-corrected chi connectivity index (χ3v) is 6.47. The molecule has 1 N–H and O–H groups in total. The Hall–Kier alpha value is -3.12. The zero-order valence-corrected chi connectivity index (χ0v) is 17.9. The Labute approximate surface area is 181 Å². The molecular weight excluding hydrogens is 390 g/mol. The summed E-state index contributed by atoms with van der Waals surface area (Å²) in [6.07, 6.45) is 6.32. The van der Waals surface area contributed by atoms with Gasteiger partial charge in [0, 0.05) is 48.9 Å². The lowest BCUT2D eigenvalue weighted by atomic mass is 10.0. The number of carbonyl (C=O) groups is 1. The van der Waals surface area contributed by atoms with E-state index in [2.05, 4.69) is 20.9 Å². The number of aromatic nitrogens is 2. The first-order valence-electron chi connectivity index (χ1n) is 10.8. The summed E-state index contributed by atoms with van der Waals surface area (Å²) in [5, 5.41) is 0. The summed E-state index contributed by atoms with van der Waals surface area (Å²) in [6.45, 7) is 2.89. The highest BCUT2D eigenvalue weighted by molar-refractivity contribution is 5.99. The first-order valence-corrected chi connectivity index (χ1v) is 10.8. The van der Waals surface area contributed by atoms with Crippen molar-refractivity contribution in [3.05, 3.63) is 59.8 Å². The normalized spacial score (nSPS) is 21.0. The van der Waals surface area contributed by atoms with Crippen LogP contribution >= 0.6 is 0 Å². The third kappa shape index (κ3) is 3.95. The van der Waals surface area contributed by atoms with Gasteiger partial charge in [-0.15, -0.1) is 0 Å². The van der Waals surface area contributed by atoms with Gasteiger partial charge in [-0.05, 0) is 54.7 Å². The largest absolute Gasteiger partial charge is 0.497 e. The molecule has 3 aromatic rings.